The van der Waals surface area contributed by atoms with Crippen LogP contribution in [0.3, 0.4) is 0 Å². The lowest BCUT2D eigenvalue weighted by molar-refractivity contribution is 0.0633. The molecule has 1 aromatic rings. The van der Waals surface area contributed by atoms with Crippen molar-refractivity contribution in [1.29, 1.82) is 0 Å². The van der Waals surface area contributed by atoms with Gasteiger partial charge in [0.15, 0.2) is 0 Å². The average Bonchev–Trinajstić information content (AvgIpc) is 2.33. The Kier molecular flexibility index (Phi) is 2.01. The Morgan fingerprint density at radius 2 is 2.30 bits per heavy atom. The van der Waals surface area contributed by atoms with E-state index >= 15 is 0 Å². The molecule has 0 atom stereocenters. The summed E-state index contributed by atoms with van der Waals surface area (Å²) in [6.07, 6.45) is 1.23. The monoisotopic (exact) mass is 147 g/mol. The number of aliphatic hydroxyl groups excluding tert-OH is 1. The predicted octanol–water partition coefficient (Wildman–Crippen LogP) is 1.38. The van der Waals surface area contributed by atoms with Crippen LogP contribution in [-0.2, 0) is 6.61 Å². The first kappa shape index (κ1) is 7.21. The van der Waals surface area contributed by atoms with Crippen molar-refractivity contribution in [3.8, 4) is 0 Å². The number of rotatable bonds is 2. The molecule has 0 aliphatic carbocycles. The minimum atomic E-state index is -2.56. The Morgan fingerprint density at radius 3 is 2.70 bits per heavy atom. The summed E-state index contributed by atoms with van der Waals surface area (Å²) < 4.78 is 24.5. The van der Waals surface area contributed by atoms with Crippen molar-refractivity contribution in [1.82, 2.24) is 4.57 Å². The Bertz CT molecular complexity index is 209. The van der Waals surface area contributed by atoms with Gasteiger partial charge in [0.1, 0.15) is 0 Å². The first-order valence-electron chi connectivity index (χ1n) is 2.80. The van der Waals surface area contributed by atoms with Gasteiger partial charge in [-0.2, -0.15) is 8.78 Å². The zero-order chi connectivity index (χ0) is 7.56. The Morgan fingerprint density at radius 1 is 1.60 bits per heavy atom. The van der Waals surface area contributed by atoms with Gasteiger partial charge in [0.05, 0.1) is 6.61 Å². The minimum Gasteiger partial charge on any atom is -0.390 e. The third kappa shape index (κ3) is 1.16. The highest BCUT2D eigenvalue weighted by molar-refractivity contribution is 5.05. The van der Waals surface area contributed by atoms with Crippen molar-refractivity contribution in [2.24, 2.45) is 0 Å². The number of nitrogens with zero attached hydrogens (tertiary/aromatic N) is 1. The summed E-state index contributed by atoms with van der Waals surface area (Å²) in [6, 6.07) is 2.92. The second kappa shape index (κ2) is 2.79. The molecule has 1 aromatic heterocycles. The zero-order valence-electron chi connectivity index (χ0n) is 5.17. The molecule has 0 saturated carbocycles. The van der Waals surface area contributed by atoms with Crippen molar-refractivity contribution >= 4 is 0 Å². The molecule has 10 heavy (non-hydrogen) atoms. The van der Waals surface area contributed by atoms with Gasteiger partial charge in [0.2, 0.25) is 0 Å². The summed E-state index contributed by atoms with van der Waals surface area (Å²) in [5.74, 6) is 0. The van der Waals surface area contributed by atoms with Crippen LogP contribution in [-0.4, -0.2) is 9.67 Å². The number of aliphatic hydroxyl groups is 1. The molecule has 0 spiro atoms. The molecule has 56 valence electrons. The van der Waals surface area contributed by atoms with E-state index in [0.717, 1.165) is 4.57 Å². The quantitative estimate of drug-likeness (QED) is 0.671. The number of alkyl halides is 2. The van der Waals surface area contributed by atoms with Crippen LogP contribution in [0.2, 0.25) is 0 Å². The van der Waals surface area contributed by atoms with E-state index in [1.54, 1.807) is 0 Å². The molecule has 0 aliphatic heterocycles. The Balaban J connectivity index is 2.90. The number of aromatic nitrogens is 1. The van der Waals surface area contributed by atoms with Crippen LogP contribution in [0.1, 0.15) is 12.2 Å². The molecule has 0 unspecified atom stereocenters. The predicted molar refractivity (Wildman–Crippen MR) is 31.6 cm³/mol. The van der Waals surface area contributed by atoms with Crippen molar-refractivity contribution in [3.63, 3.8) is 0 Å². The topological polar surface area (TPSA) is 25.2 Å². The molecule has 1 N–H and O–H groups in total. The molecule has 0 aliphatic rings. The van der Waals surface area contributed by atoms with Crippen LogP contribution in [0.5, 0.6) is 0 Å². The fourth-order valence-corrected chi connectivity index (χ4v) is 0.753. The molecule has 0 amide bonds. The van der Waals surface area contributed by atoms with E-state index < -0.39 is 6.55 Å². The standard InChI is InChI=1S/C6H7F2NO/c7-6(8)9-3-1-2-5(9)4-10/h1-3,6,10H,4H2. The van der Waals surface area contributed by atoms with Gasteiger partial charge in [-0.25, -0.2) is 0 Å². The first-order chi connectivity index (χ1) is 4.75. The molecule has 0 bridgehead atoms. The molecule has 0 aromatic carbocycles. The fraction of sp³-hybridized carbons (Fsp3) is 0.333. The van der Waals surface area contributed by atoms with Crippen LogP contribution in [0.4, 0.5) is 8.78 Å². The molecule has 0 saturated heterocycles. The maximum atomic E-state index is 11.9. The van der Waals surface area contributed by atoms with Crippen LogP contribution in [0.25, 0.3) is 0 Å². The van der Waals surface area contributed by atoms with Gasteiger partial charge in [0, 0.05) is 11.9 Å². The van der Waals surface area contributed by atoms with E-state index in [9.17, 15) is 8.78 Å². The van der Waals surface area contributed by atoms with E-state index in [-0.39, 0.29) is 12.3 Å². The van der Waals surface area contributed by atoms with Crippen LogP contribution < -0.4 is 0 Å². The van der Waals surface area contributed by atoms with Gasteiger partial charge in [-0.15, -0.1) is 0 Å². The van der Waals surface area contributed by atoms with Gasteiger partial charge in [0.25, 0.3) is 0 Å². The van der Waals surface area contributed by atoms with Crippen LogP contribution in [0, 0.1) is 0 Å². The molecular weight excluding hydrogens is 140 g/mol. The number of hydrogen-bond donors (Lipinski definition) is 1. The van der Waals surface area contributed by atoms with Gasteiger partial charge >= 0.3 is 6.55 Å². The lowest BCUT2D eigenvalue weighted by atomic mass is 10.5. The number of halogens is 2. The lowest BCUT2D eigenvalue weighted by Crippen LogP contribution is -2.01. The van der Waals surface area contributed by atoms with Crippen LogP contribution in [0.15, 0.2) is 18.3 Å². The molecule has 0 fully saturated rings. The average molecular weight is 147 g/mol. The molecule has 1 rings (SSSR count). The second-order valence-electron chi connectivity index (χ2n) is 1.84. The van der Waals surface area contributed by atoms with Gasteiger partial charge < -0.3 is 5.11 Å². The summed E-state index contributed by atoms with van der Waals surface area (Å²) in [7, 11) is 0. The number of hydrogen-bond acceptors (Lipinski definition) is 1. The van der Waals surface area contributed by atoms with E-state index in [4.69, 9.17) is 5.11 Å². The van der Waals surface area contributed by atoms with Gasteiger partial charge in [-0.05, 0) is 12.1 Å². The first-order valence-corrected chi connectivity index (χ1v) is 2.80. The van der Waals surface area contributed by atoms with Crippen molar-refractivity contribution in [2.45, 2.75) is 13.2 Å². The summed E-state index contributed by atoms with van der Waals surface area (Å²) in [4.78, 5) is 0. The van der Waals surface area contributed by atoms with E-state index in [1.165, 1.54) is 18.3 Å². The molecule has 4 heteroatoms. The zero-order valence-corrected chi connectivity index (χ0v) is 5.17. The summed E-state index contributed by atoms with van der Waals surface area (Å²) in [5, 5.41) is 8.50. The highest BCUT2D eigenvalue weighted by Crippen LogP contribution is 2.13. The lowest BCUT2D eigenvalue weighted by Gasteiger charge is -2.03. The highest BCUT2D eigenvalue weighted by atomic mass is 19.3. The summed E-state index contributed by atoms with van der Waals surface area (Å²) in [5.41, 5.74) is 0.231. The normalized spacial score (nSPS) is 10.8. The van der Waals surface area contributed by atoms with E-state index in [2.05, 4.69) is 0 Å². The maximum absolute atomic E-state index is 11.9. The van der Waals surface area contributed by atoms with E-state index in [0.29, 0.717) is 0 Å². The smallest absolute Gasteiger partial charge is 0.318 e. The maximum Gasteiger partial charge on any atom is 0.318 e. The molecule has 2 nitrogen and oxygen atoms in total. The third-order valence-corrected chi connectivity index (χ3v) is 1.24. The molecule has 0 radical (unpaired) electrons. The fourth-order valence-electron chi connectivity index (χ4n) is 0.753. The van der Waals surface area contributed by atoms with Crippen molar-refractivity contribution in [2.75, 3.05) is 0 Å². The summed E-state index contributed by atoms with van der Waals surface area (Å²) in [6.45, 7) is -2.91. The molecular formula is C6H7F2NO. The van der Waals surface area contributed by atoms with Crippen LogP contribution >= 0.6 is 0 Å². The SMILES string of the molecule is OCc1cccn1C(F)F. The second-order valence-corrected chi connectivity index (χ2v) is 1.84. The van der Waals surface area contributed by atoms with Gasteiger partial charge in [-0.1, -0.05) is 0 Å². The summed E-state index contributed by atoms with van der Waals surface area (Å²) >= 11 is 0. The van der Waals surface area contributed by atoms with Gasteiger partial charge in [-0.3, -0.25) is 4.57 Å². The largest absolute Gasteiger partial charge is 0.390 e. The van der Waals surface area contributed by atoms with Crippen molar-refractivity contribution in [3.05, 3.63) is 24.0 Å². The van der Waals surface area contributed by atoms with Crippen molar-refractivity contribution < 1.29 is 13.9 Å². The Labute approximate surface area is 56.7 Å². The third-order valence-electron chi connectivity index (χ3n) is 1.24. The Hall–Kier alpha value is -0.900. The molecule has 1 heterocycles. The highest BCUT2D eigenvalue weighted by Gasteiger charge is 2.07. The van der Waals surface area contributed by atoms with E-state index in [1.807, 2.05) is 0 Å². The minimum absolute atomic E-state index is 0.231.